The van der Waals surface area contributed by atoms with E-state index in [-0.39, 0.29) is 11.8 Å². The minimum atomic E-state index is -0.871. The molecule has 7 heteroatoms. The molecule has 0 bridgehead atoms. The molecule has 2 rings (SSSR count). The average Bonchev–Trinajstić information content (AvgIpc) is 2.69. The molecule has 0 spiro atoms. The van der Waals surface area contributed by atoms with Gasteiger partial charge in [-0.2, -0.15) is 5.01 Å². The molecule has 1 unspecified atom stereocenters. The topological polar surface area (TPSA) is 77.9 Å². The molecule has 2 aliphatic rings. The average molecular weight is 280 g/mol. The Morgan fingerprint density at radius 1 is 1.26 bits per heavy atom. The summed E-state index contributed by atoms with van der Waals surface area (Å²) in [5.41, 5.74) is 0. The molecule has 100 valence electrons. The first-order valence-electron chi connectivity index (χ1n) is 5.62. The SMILES string of the molecule is O=C(O)CCSC1C=CC=CN1N1C(=O)C=CC1=O. The van der Waals surface area contributed by atoms with Gasteiger partial charge in [-0.1, -0.05) is 12.2 Å². The van der Waals surface area contributed by atoms with Crippen molar-refractivity contribution >= 4 is 29.5 Å². The van der Waals surface area contributed by atoms with Crippen LogP contribution in [0.2, 0.25) is 0 Å². The van der Waals surface area contributed by atoms with Crippen LogP contribution in [-0.2, 0) is 14.4 Å². The van der Waals surface area contributed by atoms with Crippen molar-refractivity contribution in [2.75, 3.05) is 5.75 Å². The molecular formula is C12H12N2O4S. The fourth-order valence-corrected chi connectivity index (χ4v) is 2.72. The molecule has 2 amide bonds. The zero-order chi connectivity index (χ0) is 13.8. The minimum absolute atomic E-state index is 0.0344. The Morgan fingerprint density at radius 3 is 2.58 bits per heavy atom. The smallest absolute Gasteiger partial charge is 0.304 e. The van der Waals surface area contributed by atoms with Gasteiger partial charge in [0.05, 0.1) is 6.42 Å². The van der Waals surface area contributed by atoms with Crippen LogP contribution in [0.15, 0.2) is 36.6 Å². The van der Waals surface area contributed by atoms with Gasteiger partial charge in [0.15, 0.2) is 0 Å². The quantitative estimate of drug-likeness (QED) is 0.749. The molecule has 6 nitrogen and oxygen atoms in total. The fraction of sp³-hybridized carbons (Fsp3) is 0.250. The van der Waals surface area contributed by atoms with Gasteiger partial charge in [0.25, 0.3) is 11.8 Å². The van der Waals surface area contributed by atoms with E-state index in [1.807, 2.05) is 6.08 Å². The number of hydrogen-bond donors (Lipinski definition) is 1. The van der Waals surface area contributed by atoms with Crippen LogP contribution in [0.3, 0.4) is 0 Å². The van der Waals surface area contributed by atoms with Crippen molar-refractivity contribution in [1.29, 1.82) is 0 Å². The number of carboxylic acids is 1. The number of carbonyl (C=O) groups is 3. The van der Waals surface area contributed by atoms with E-state index < -0.39 is 17.8 Å². The van der Waals surface area contributed by atoms with Gasteiger partial charge in [0, 0.05) is 24.1 Å². The van der Waals surface area contributed by atoms with E-state index in [1.165, 1.54) is 28.9 Å². The van der Waals surface area contributed by atoms with Crippen molar-refractivity contribution in [3.05, 3.63) is 36.6 Å². The van der Waals surface area contributed by atoms with Crippen molar-refractivity contribution < 1.29 is 19.5 Å². The molecule has 2 aliphatic heterocycles. The zero-order valence-electron chi connectivity index (χ0n) is 9.93. The first-order valence-corrected chi connectivity index (χ1v) is 6.67. The summed E-state index contributed by atoms with van der Waals surface area (Å²) in [5.74, 6) is -1.26. The van der Waals surface area contributed by atoms with Crippen LogP contribution in [0.25, 0.3) is 0 Å². The predicted octanol–water partition coefficient (Wildman–Crippen LogP) is 0.746. The van der Waals surface area contributed by atoms with Crippen LogP contribution in [0.1, 0.15) is 6.42 Å². The van der Waals surface area contributed by atoms with Gasteiger partial charge < -0.3 is 5.11 Å². The number of rotatable bonds is 5. The Labute approximate surface area is 114 Å². The maximum absolute atomic E-state index is 11.6. The molecule has 19 heavy (non-hydrogen) atoms. The Morgan fingerprint density at radius 2 is 1.95 bits per heavy atom. The van der Waals surface area contributed by atoms with Crippen molar-refractivity contribution in [1.82, 2.24) is 10.0 Å². The summed E-state index contributed by atoms with van der Waals surface area (Å²) in [6.45, 7) is 0. The maximum Gasteiger partial charge on any atom is 0.304 e. The third kappa shape index (κ3) is 3.05. The van der Waals surface area contributed by atoms with E-state index in [2.05, 4.69) is 0 Å². The van der Waals surface area contributed by atoms with Crippen LogP contribution in [0.4, 0.5) is 0 Å². The van der Waals surface area contributed by atoms with Crippen LogP contribution in [0.5, 0.6) is 0 Å². The lowest BCUT2D eigenvalue weighted by Gasteiger charge is -2.35. The maximum atomic E-state index is 11.6. The number of aliphatic carboxylic acids is 1. The van der Waals surface area contributed by atoms with Gasteiger partial charge >= 0.3 is 5.97 Å². The first kappa shape index (κ1) is 13.4. The molecule has 0 aromatic carbocycles. The Hall–Kier alpha value is -2.02. The highest BCUT2D eigenvalue weighted by Gasteiger charge is 2.32. The summed E-state index contributed by atoms with van der Waals surface area (Å²) < 4.78 is 0. The summed E-state index contributed by atoms with van der Waals surface area (Å²) in [6.07, 6.45) is 9.42. The van der Waals surface area contributed by atoms with E-state index in [4.69, 9.17) is 5.11 Å². The monoisotopic (exact) mass is 280 g/mol. The van der Waals surface area contributed by atoms with E-state index in [9.17, 15) is 14.4 Å². The molecule has 0 aliphatic carbocycles. The summed E-state index contributed by atoms with van der Waals surface area (Å²) in [7, 11) is 0. The Balaban J connectivity index is 2.03. The van der Waals surface area contributed by atoms with Gasteiger partial charge in [0.1, 0.15) is 5.37 Å². The van der Waals surface area contributed by atoms with Crippen molar-refractivity contribution in [2.24, 2.45) is 0 Å². The lowest BCUT2D eigenvalue weighted by molar-refractivity contribution is -0.151. The highest BCUT2D eigenvalue weighted by atomic mass is 32.2. The van der Waals surface area contributed by atoms with E-state index in [1.54, 1.807) is 18.4 Å². The number of hydrogen-bond acceptors (Lipinski definition) is 5. The standard InChI is InChI=1S/C12H12N2O4S/c15-9-4-5-10(16)14(9)13-7-2-1-3-11(13)19-8-6-12(17)18/h1-5,7,11H,6,8H2,(H,17,18). The van der Waals surface area contributed by atoms with Crippen LogP contribution in [0, 0.1) is 0 Å². The minimum Gasteiger partial charge on any atom is -0.481 e. The first-order chi connectivity index (χ1) is 9.09. The number of amides is 2. The second kappa shape index (κ2) is 5.75. The normalized spacial score (nSPS) is 21.6. The highest BCUT2D eigenvalue weighted by molar-refractivity contribution is 8.00. The van der Waals surface area contributed by atoms with E-state index in [0.717, 1.165) is 5.01 Å². The van der Waals surface area contributed by atoms with Gasteiger partial charge in [-0.25, -0.2) is 0 Å². The molecule has 0 radical (unpaired) electrons. The molecule has 0 saturated carbocycles. The van der Waals surface area contributed by atoms with Crippen LogP contribution in [-0.4, -0.2) is 44.0 Å². The molecule has 2 heterocycles. The third-order valence-corrected chi connectivity index (χ3v) is 3.66. The number of hydrazine groups is 1. The number of allylic oxidation sites excluding steroid dienone is 2. The van der Waals surface area contributed by atoms with Gasteiger partial charge in [0.2, 0.25) is 0 Å². The number of carbonyl (C=O) groups excluding carboxylic acids is 2. The number of imide groups is 1. The fourth-order valence-electron chi connectivity index (χ4n) is 1.67. The molecule has 1 N–H and O–H groups in total. The van der Waals surface area contributed by atoms with Crippen molar-refractivity contribution in [3.63, 3.8) is 0 Å². The number of nitrogens with zero attached hydrogens (tertiary/aromatic N) is 2. The van der Waals surface area contributed by atoms with E-state index >= 15 is 0 Å². The third-order valence-electron chi connectivity index (χ3n) is 2.51. The second-order valence-electron chi connectivity index (χ2n) is 3.83. The molecule has 0 aromatic rings. The highest BCUT2D eigenvalue weighted by Crippen LogP contribution is 2.25. The zero-order valence-corrected chi connectivity index (χ0v) is 10.7. The summed E-state index contributed by atoms with van der Waals surface area (Å²) >= 11 is 1.36. The van der Waals surface area contributed by atoms with Crippen molar-refractivity contribution in [2.45, 2.75) is 11.8 Å². The van der Waals surface area contributed by atoms with Crippen LogP contribution < -0.4 is 0 Å². The number of thioether (sulfide) groups is 1. The predicted molar refractivity (Wildman–Crippen MR) is 69.6 cm³/mol. The Kier molecular flexibility index (Phi) is 4.06. The molecular weight excluding hydrogens is 268 g/mol. The summed E-state index contributed by atoms with van der Waals surface area (Å²) in [4.78, 5) is 33.7. The molecule has 0 fully saturated rings. The number of carboxylic acid groups (broad SMARTS) is 1. The molecule has 0 saturated heterocycles. The van der Waals surface area contributed by atoms with Crippen LogP contribution >= 0.6 is 11.8 Å². The summed E-state index contributed by atoms with van der Waals surface area (Å²) in [5, 5.41) is 10.9. The van der Waals surface area contributed by atoms with Gasteiger partial charge in [-0.15, -0.1) is 11.8 Å². The lowest BCUT2D eigenvalue weighted by atomic mass is 10.4. The largest absolute Gasteiger partial charge is 0.481 e. The van der Waals surface area contributed by atoms with E-state index in [0.29, 0.717) is 5.75 Å². The second-order valence-corrected chi connectivity index (χ2v) is 5.06. The Bertz CT molecular complexity index is 480. The van der Waals surface area contributed by atoms with Gasteiger partial charge in [-0.05, 0) is 6.08 Å². The van der Waals surface area contributed by atoms with Gasteiger partial charge in [-0.3, -0.25) is 19.4 Å². The van der Waals surface area contributed by atoms with Crippen molar-refractivity contribution in [3.8, 4) is 0 Å². The molecule has 1 atom stereocenters. The summed E-state index contributed by atoms with van der Waals surface area (Å²) in [6, 6.07) is 0. The lowest BCUT2D eigenvalue weighted by Crippen LogP contribution is -2.47. The molecule has 0 aromatic heterocycles.